The third kappa shape index (κ3) is 3.88. The van der Waals surface area contributed by atoms with E-state index in [-0.39, 0.29) is 6.03 Å². The van der Waals surface area contributed by atoms with Crippen molar-refractivity contribution in [3.8, 4) is 5.75 Å². The van der Waals surface area contributed by atoms with Crippen LogP contribution in [0.3, 0.4) is 0 Å². The summed E-state index contributed by atoms with van der Waals surface area (Å²) < 4.78 is 5.81. The largest absolute Gasteiger partial charge is 0.497 e. The molecule has 0 radical (unpaired) electrons. The highest BCUT2D eigenvalue weighted by Gasteiger charge is 2.06. The second kappa shape index (κ2) is 6.63. The number of ether oxygens (including phenoxy) is 1. The van der Waals surface area contributed by atoms with Gasteiger partial charge in [-0.05, 0) is 46.3 Å². The van der Waals surface area contributed by atoms with Crippen LogP contribution in [0.1, 0.15) is 0 Å². The third-order valence-electron chi connectivity index (χ3n) is 2.51. The lowest BCUT2D eigenvalue weighted by Crippen LogP contribution is -2.19. The summed E-state index contributed by atoms with van der Waals surface area (Å²) in [6, 6.07) is 11.9. The van der Waals surface area contributed by atoms with Crippen LogP contribution < -0.4 is 15.4 Å². The second-order valence-corrected chi connectivity index (χ2v) is 5.23. The van der Waals surface area contributed by atoms with Crippen LogP contribution in [0.25, 0.3) is 0 Å². The fourth-order valence-electron chi connectivity index (χ4n) is 1.58. The van der Waals surface area contributed by atoms with Crippen LogP contribution in [-0.4, -0.2) is 13.1 Å². The Morgan fingerprint density at radius 1 is 1.20 bits per heavy atom. The lowest BCUT2D eigenvalue weighted by molar-refractivity contribution is 0.262. The smallest absolute Gasteiger partial charge is 0.323 e. The molecule has 0 bridgehead atoms. The number of amides is 2. The van der Waals surface area contributed by atoms with Crippen LogP contribution in [0.5, 0.6) is 5.75 Å². The molecule has 2 N–H and O–H groups in total. The zero-order valence-electron chi connectivity index (χ0n) is 10.6. The van der Waals surface area contributed by atoms with Crippen LogP contribution >= 0.6 is 27.5 Å². The molecule has 0 spiro atoms. The minimum atomic E-state index is -0.346. The number of hydrogen-bond donors (Lipinski definition) is 2. The van der Waals surface area contributed by atoms with E-state index in [2.05, 4.69) is 26.6 Å². The van der Waals surface area contributed by atoms with E-state index in [4.69, 9.17) is 16.3 Å². The van der Waals surface area contributed by atoms with E-state index in [1.165, 1.54) is 0 Å². The first-order chi connectivity index (χ1) is 9.58. The number of anilines is 2. The average molecular weight is 356 g/mol. The molecule has 2 amide bonds. The molecular weight excluding hydrogens is 344 g/mol. The van der Waals surface area contributed by atoms with Gasteiger partial charge < -0.3 is 15.4 Å². The Labute approximate surface area is 130 Å². The fraction of sp³-hybridized carbons (Fsp3) is 0.0714. The zero-order chi connectivity index (χ0) is 14.5. The zero-order valence-corrected chi connectivity index (χ0v) is 13.0. The summed E-state index contributed by atoms with van der Waals surface area (Å²) in [7, 11) is 1.57. The van der Waals surface area contributed by atoms with Gasteiger partial charge in [-0.25, -0.2) is 4.79 Å². The number of carbonyl (C=O) groups is 1. The quantitative estimate of drug-likeness (QED) is 0.834. The number of methoxy groups -OCH3 is 1. The Hall–Kier alpha value is -1.72. The predicted octanol–water partition coefficient (Wildman–Crippen LogP) is 4.76. The molecule has 0 saturated heterocycles. The van der Waals surface area contributed by atoms with Gasteiger partial charge in [0.1, 0.15) is 5.75 Å². The number of urea groups is 1. The highest BCUT2D eigenvalue weighted by molar-refractivity contribution is 9.10. The van der Waals surface area contributed by atoms with Gasteiger partial charge in [0.05, 0.1) is 12.8 Å². The molecule has 2 aromatic rings. The minimum absolute atomic E-state index is 0.346. The van der Waals surface area contributed by atoms with Gasteiger partial charge in [-0.1, -0.05) is 17.7 Å². The van der Waals surface area contributed by atoms with Crippen LogP contribution in [0.15, 0.2) is 46.9 Å². The molecule has 104 valence electrons. The maximum Gasteiger partial charge on any atom is 0.323 e. The van der Waals surface area contributed by atoms with Gasteiger partial charge in [0.25, 0.3) is 0 Å². The summed E-state index contributed by atoms with van der Waals surface area (Å²) in [5.41, 5.74) is 1.28. The van der Waals surface area contributed by atoms with Crippen molar-refractivity contribution in [1.29, 1.82) is 0 Å². The molecule has 0 heterocycles. The van der Waals surface area contributed by atoms with E-state index in [9.17, 15) is 4.79 Å². The highest BCUT2D eigenvalue weighted by Crippen LogP contribution is 2.26. The molecule has 0 aliphatic rings. The van der Waals surface area contributed by atoms with Gasteiger partial charge in [-0.2, -0.15) is 0 Å². The Morgan fingerprint density at radius 2 is 2.00 bits per heavy atom. The molecule has 0 saturated carbocycles. The number of nitrogens with one attached hydrogen (secondary N) is 2. The Morgan fingerprint density at radius 3 is 2.70 bits per heavy atom. The van der Waals surface area contributed by atoms with Crippen LogP contribution in [-0.2, 0) is 0 Å². The number of rotatable bonds is 3. The molecule has 0 fully saturated rings. The third-order valence-corrected chi connectivity index (χ3v) is 3.40. The molecule has 0 unspecified atom stereocenters. The van der Waals surface area contributed by atoms with Crippen molar-refractivity contribution in [1.82, 2.24) is 0 Å². The molecule has 2 aromatic carbocycles. The van der Waals surface area contributed by atoms with E-state index in [1.807, 2.05) is 0 Å². The van der Waals surface area contributed by atoms with Crippen LogP contribution in [0.2, 0.25) is 5.02 Å². The molecule has 0 aliphatic heterocycles. The summed E-state index contributed by atoms with van der Waals surface area (Å²) in [6.07, 6.45) is 0. The van der Waals surface area contributed by atoms with E-state index < -0.39 is 0 Å². The topological polar surface area (TPSA) is 50.4 Å². The molecule has 0 aliphatic carbocycles. The Balaban J connectivity index is 2.05. The van der Waals surface area contributed by atoms with Gasteiger partial charge in [0.2, 0.25) is 0 Å². The van der Waals surface area contributed by atoms with Gasteiger partial charge in [-0.3, -0.25) is 0 Å². The summed E-state index contributed by atoms with van der Waals surface area (Å²) in [5, 5.41) is 6.04. The van der Waals surface area contributed by atoms with Gasteiger partial charge in [-0.15, -0.1) is 0 Å². The lowest BCUT2D eigenvalue weighted by Gasteiger charge is -2.10. The van der Waals surface area contributed by atoms with Crippen LogP contribution in [0.4, 0.5) is 16.2 Å². The lowest BCUT2D eigenvalue weighted by atomic mass is 10.3. The average Bonchev–Trinajstić information content (AvgIpc) is 2.42. The van der Waals surface area contributed by atoms with Crippen molar-refractivity contribution >= 4 is 44.9 Å². The first kappa shape index (κ1) is 14.7. The minimum Gasteiger partial charge on any atom is -0.497 e. The van der Waals surface area contributed by atoms with Crippen LogP contribution in [0, 0.1) is 0 Å². The molecule has 2 rings (SSSR count). The molecular formula is C14H12BrClN2O2. The molecule has 4 nitrogen and oxygen atoms in total. The van der Waals surface area contributed by atoms with Crippen molar-refractivity contribution < 1.29 is 9.53 Å². The number of hydrogen-bond acceptors (Lipinski definition) is 2. The first-order valence-electron chi connectivity index (χ1n) is 5.75. The maximum absolute atomic E-state index is 11.9. The molecule has 0 aromatic heterocycles. The number of halogens is 2. The summed E-state index contributed by atoms with van der Waals surface area (Å²) >= 11 is 9.18. The Kier molecular flexibility index (Phi) is 4.87. The number of carbonyl (C=O) groups excluding carboxylic acids is 1. The maximum atomic E-state index is 11.9. The van der Waals surface area contributed by atoms with E-state index in [0.29, 0.717) is 26.6 Å². The van der Waals surface area contributed by atoms with Crippen molar-refractivity contribution in [3.63, 3.8) is 0 Å². The van der Waals surface area contributed by atoms with Gasteiger partial charge in [0, 0.05) is 21.2 Å². The fourth-order valence-corrected chi connectivity index (χ4v) is 2.36. The van der Waals surface area contributed by atoms with Crippen molar-refractivity contribution in [2.45, 2.75) is 0 Å². The number of benzene rings is 2. The van der Waals surface area contributed by atoms with Crippen molar-refractivity contribution in [3.05, 3.63) is 52.0 Å². The van der Waals surface area contributed by atoms with Crippen molar-refractivity contribution in [2.75, 3.05) is 17.7 Å². The Bertz CT molecular complexity index is 634. The van der Waals surface area contributed by atoms with E-state index in [0.717, 1.165) is 0 Å². The van der Waals surface area contributed by atoms with Crippen molar-refractivity contribution in [2.24, 2.45) is 0 Å². The van der Waals surface area contributed by atoms with Gasteiger partial charge in [0.15, 0.2) is 0 Å². The predicted molar refractivity (Wildman–Crippen MR) is 84.8 cm³/mol. The molecule has 6 heteroatoms. The highest BCUT2D eigenvalue weighted by atomic mass is 79.9. The summed E-state index contributed by atoms with van der Waals surface area (Å²) in [4.78, 5) is 11.9. The molecule has 20 heavy (non-hydrogen) atoms. The SMILES string of the molecule is COc1cccc(NC(=O)Nc2ccc(Cl)cc2Br)c1. The normalized spacial score (nSPS) is 9.95. The monoisotopic (exact) mass is 354 g/mol. The van der Waals surface area contributed by atoms with E-state index >= 15 is 0 Å². The first-order valence-corrected chi connectivity index (χ1v) is 6.92. The summed E-state index contributed by atoms with van der Waals surface area (Å²) in [6.45, 7) is 0. The molecule has 0 atom stereocenters. The van der Waals surface area contributed by atoms with Gasteiger partial charge >= 0.3 is 6.03 Å². The second-order valence-electron chi connectivity index (χ2n) is 3.94. The summed E-state index contributed by atoms with van der Waals surface area (Å²) in [5.74, 6) is 0.676. The van der Waals surface area contributed by atoms with E-state index in [1.54, 1.807) is 49.6 Å². The standard InChI is InChI=1S/C14H12BrClN2O2/c1-20-11-4-2-3-10(8-11)17-14(19)18-13-6-5-9(16)7-12(13)15/h2-8H,1H3,(H2,17,18,19).